The SMILES string of the molecule is CC(C)C(=O)Nc1nnc(S(=O)(=O)NCc2nc(-c3cccs3)no2)s1. The van der Waals surface area contributed by atoms with Crippen LogP contribution in [0.25, 0.3) is 10.7 Å². The van der Waals surface area contributed by atoms with Crippen molar-refractivity contribution in [1.82, 2.24) is 25.1 Å². The number of aromatic nitrogens is 4. The Morgan fingerprint density at radius 1 is 1.35 bits per heavy atom. The van der Waals surface area contributed by atoms with Crippen LogP contribution >= 0.6 is 22.7 Å². The summed E-state index contributed by atoms with van der Waals surface area (Å²) in [4.78, 5) is 16.6. The molecule has 3 aromatic heterocycles. The first kappa shape index (κ1) is 18.6. The molecular weight excluding hydrogens is 400 g/mol. The van der Waals surface area contributed by atoms with Crippen molar-refractivity contribution in [3.8, 4) is 10.7 Å². The van der Waals surface area contributed by atoms with Crippen molar-refractivity contribution in [2.75, 3.05) is 5.32 Å². The summed E-state index contributed by atoms with van der Waals surface area (Å²) >= 11 is 2.20. The summed E-state index contributed by atoms with van der Waals surface area (Å²) in [6.45, 7) is 3.24. The van der Waals surface area contributed by atoms with E-state index in [2.05, 4.69) is 30.4 Å². The van der Waals surface area contributed by atoms with E-state index in [1.165, 1.54) is 11.3 Å². The number of anilines is 1. The van der Waals surface area contributed by atoms with E-state index in [9.17, 15) is 13.2 Å². The van der Waals surface area contributed by atoms with E-state index in [-0.39, 0.29) is 33.7 Å². The molecule has 0 saturated carbocycles. The van der Waals surface area contributed by atoms with Gasteiger partial charge in [0.05, 0.1) is 11.4 Å². The van der Waals surface area contributed by atoms with Crippen LogP contribution in [0.1, 0.15) is 19.7 Å². The minimum Gasteiger partial charge on any atom is -0.337 e. The van der Waals surface area contributed by atoms with E-state index in [0.29, 0.717) is 5.82 Å². The van der Waals surface area contributed by atoms with Gasteiger partial charge in [0.1, 0.15) is 0 Å². The fraction of sp³-hybridized carbons (Fsp3) is 0.308. The van der Waals surface area contributed by atoms with E-state index in [1.807, 2.05) is 17.5 Å². The molecule has 10 nitrogen and oxygen atoms in total. The largest absolute Gasteiger partial charge is 0.337 e. The summed E-state index contributed by atoms with van der Waals surface area (Å²) in [7, 11) is -3.92. The highest BCUT2D eigenvalue weighted by Gasteiger charge is 2.22. The van der Waals surface area contributed by atoms with Gasteiger partial charge in [-0.1, -0.05) is 36.4 Å². The topological polar surface area (TPSA) is 140 Å². The second-order valence-electron chi connectivity index (χ2n) is 5.33. The van der Waals surface area contributed by atoms with Gasteiger partial charge in [-0.3, -0.25) is 4.79 Å². The maximum absolute atomic E-state index is 12.3. The van der Waals surface area contributed by atoms with Gasteiger partial charge >= 0.3 is 0 Å². The maximum atomic E-state index is 12.3. The zero-order valence-electron chi connectivity index (χ0n) is 13.7. The molecule has 1 amide bonds. The summed E-state index contributed by atoms with van der Waals surface area (Å²) < 4.78 is 31.6. The van der Waals surface area contributed by atoms with E-state index >= 15 is 0 Å². The van der Waals surface area contributed by atoms with Gasteiger partial charge in [0, 0.05) is 5.92 Å². The number of thiophene rings is 1. The number of nitrogens with zero attached hydrogens (tertiary/aromatic N) is 4. The van der Waals surface area contributed by atoms with E-state index in [4.69, 9.17) is 4.52 Å². The van der Waals surface area contributed by atoms with Gasteiger partial charge in [-0.05, 0) is 11.4 Å². The minimum absolute atomic E-state index is 0.113. The Morgan fingerprint density at radius 3 is 2.85 bits per heavy atom. The molecule has 0 saturated heterocycles. The summed E-state index contributed by atoms with van der Waals surface area (Å²) in [6, 6.07) is 3.68. The lowest BCUT2D eigenvalue weighted by Gasteiger charge is -2.02. The number of rotatable bonds is 7. The lowest BCUT2D eigenvalue weighted by molar-refractivity contribution is -0.118. The highest BCUT2D eigenvalue weighted by Crippen LogP contribution is 2.22. The molecule has 0 atom stereocenters. The van der Waals surface area contributed by atoms with Gasteiger partial charge in [0.25, 0.3) is 10.0 Å². The third kappa shape index (κ3) is 4.30. The Labute approximate surface area is 156 Å². The first-order valence-corrected chi connectivity index (χ1v) is 10.5. The third-order valence-electron chi connectivity index (χ3n) is 3.01. The van der Waals surface area contributed by atoms with Crippen LogP contribution < -0.4 is 10.0 Å². The van der Waals surface area contributed by atoms with Crippen molar-refractivity contribution < 1.29 is 17.7 Å². The Morgan fingerprint density at radius 2 is 2.15 bits per heavy atom. The normalized spacial score (nSPS) is 11.8. The highest BCUT2D eigenvalue weighted by molar-refractivity contribution is 7.91. The van der Waals surface area contributed by atoms with Crippen LogP contribution in [0.5, 0.6) is 0 Å². The van der Waals surface area contributed by atoms with Crippen LogP contribution in [0.2, 0.25) is 0 Å². The number of carbonyl (C=O) groups is 1. The summed E-state index contributed by atoms with van der Waals surface area (Å²) in [5.74, 6) is -0.0178. The van der Waals surface area contributed by atoms with Gasteiger partial charge in [0.2, 0.25) is 27.1 Å². The summed E-state index contributed by atoms with van der Waals surface area (Å²) in [5, 5.41) is 15.6. The number of sulfonamides is 1. The van der Waals surface area contributed by atoms with Crippen molar-refractivity contribution in [2.45, 2.75) is 24.7 Å². The van der Waals surface area contributed by atoms with Crippen LogP contribution in [0.15, 0.2) is 26.4 Å². The van der Waals surface area contributed by atoms with Crippen LogP contribution in [0, 0.1) is 5.92 Å². The zero-order valence-corrected chi connectivity index (χ0v) is 16.1. The molecular formula is C13H14N6O4S3. The molecule has 0 bridgehead atoms. The lowest BCUT2D eigenvalue weighted by Crippen LogP contribution is -2.23. The van der Waals surface area contributed by atoms with Crippen LogP contribution in [0.4, 0.5) is 5.13 Å². The molecule has 3 aromatic rings. The molecule has 3 rings (SSSR count). The molecule has 0 aliphatic carbocycles. The first-order chi connectivity index (χ1) is 12.3. The van der Waals surface area contributed by atoms with Gasteiger partial charge in [-0.15, -0.1) is 21.5 Å². The zero-order chi connectivity index (χ0) is 18.7. The quantitative estimate of drug-likeness (QED) is 0.557. The second-order valence-corrected chi connectivity index (χ2v) is 9.20. The fourth-order valence-corrected chi connectivity index (χ4v) is 4.24. The van der Waals surface area contributed by atoms with Crippen LogP contribution in [-0.2, 0) is 21.4 Å². The minimum atomic E-state index is -3.92. The van der Waals surface area contributed by atoms with Crippen LogP contribution in [-0.4, -0.2) is 34.7 Å². The number of hydrogen-bond donors (Lipinski definition) is 2. The van der Waals surface area contributed by atoms with E-state index < -0.39 is 10.0 Å². The Balaban J connectivity index is 1.64. The molecule has 0 fully saturated rings. The predicted molar refractivity (Wildman–Crippen MR) is 95.0 cm³/mol. The second kappa shape index (κ2) is 7.57. The number of nitrogens with one attached hydrogen (secondary N) is 2. The number of amides is 1. The van der Waals surface area contributed by atoms with Gasteiger partial charge in [-0.25, -0.2) is 8.42 Å². The monoisotopic (exact) mass is 414 g/mol. The molecule has 0 aliphatic heterocycles. The Kier molecular flexibility index (Phi) is 5.41. The van der Waals surface area contributed by atoms with E-state index in [0.717, 1.165) is 16.2 Å². The average Bonchev–Trinajstić information content (AvgIpc) is 3.33. The Bertz CT molecular complexity index is 993. The van der Waals surface area contributed by atoms with Crippen LogP contribution in [0.3, 0.4) is 0 Å². The first-order valence-electron chi connectivity index (χ1n) is 7.35. The van der Waals surface area contributed by atoms with Crippen molar-refractivity contribution in [3.05, 3.63) is 23.4 Å². The predicted octanol–water partition coefficient (Wildman–Crippen LogP) is 1.72. The molecule has 3 heterocycles. The summed E-state index contributed by atoms with van der Waals surface area (Å²) in [6.07, 6.45) is 0. The standard InChI is InChI=1S/C13H14N6O4S3/c1-7(2)11(20)16-12-17-18-13(25-12)26(21,22)14-6-9-15-10(19-23-9)8-4-3-5-24-8/h3-5,7,14H,6H2,1-2H3,(H,16,17,20). The van der Waals surface area contributed by atoms with Gasteiger partial charge in [-0.2, -0.15) is 9.71 Å². The molecule has 0 aromatic carbocycles. The number of carbonyl (C=O) groups excluding carboxylic acids is 1. The molecule has 0 spiro atoms. The lowest BCUT2D eigenvalue weighted by atomic mass is 10.2. The molecule has 0 aliphatic rings. The Hall–Kier alpha value is -2.22. The molecule has 0 radical (unpaired) electrons. The average molecular weight is 414 g/mol. The fourth-order valence-electron chi connectivity index (χ4n) is 1.67. The van der Waals surface area contributed by atoms with Crippen molar-refractivity contribution in [1.29, 1.82) is 0 Å². The molecule has 2 N–H and O–H groups in total. The maximum Gasteiger partial charge on any atom is 0.270 e. The van der Waals surface area contributed by atoms with Gasteiger partial charge < -0.3 is 9.84 Å². The number of hydrogen-bond acceptors (Lipinski definition) is 10. The van der Waals surface area contributed by atoms with Crippen molar-refractivity contribution >= 4 is 43.7 Å². The van der Waals surface area contributed by atoms with E-state index in [1.54, 1.807) is 13.8 Å². The third-order valence-corrected chi connectivity index (χ3v) is 6.49. The summed E-state index contributed by atoms with van der Waals surface area (Å²) in [5.41, 5.74) is 0. The molecule has 26 heavy (non-hydrogen) atoms. The molecule has 13 heteroatoms. The van der Waals surface area contributed by atoms with Gasteiger partial charge in [0.15, 0.2) is 0 Å². The molecule has 138 valence electrons. The smallest absolute Gasteiger partial charge is 0.270 e. The molecule has 0 unspecified atom stereocenters. The highest BCUT2D eigenvalue weighted by atomic mass is 32.2. The van der Waals surface area contributed by atoms with Crippen molar-refractivity contribution in [2.24, 2.45) is 5.92 Å². The van der Waals surface area contributed by atoms with Crippen molar-refractivity contribution in [3.63, 3.8) is 0 Å².